The first-order valence-electron chi connectivity index (χ1n) is 7.59. The number of rotatable bonds is 8. The zero-order chi connectivity index (χ0) is 16.7. The monoisotopic (exact) mass is 335 g/mol. The molecule has 2 atom stereocenters. The van der Waals surface area contributed by atoms with Gasteiger partial charge in [-0.1, -0.05) is 42.4 Å². The minimum Gasteiger partial charge on any atom is -0.349 e. The molecule has 6 nitrogen and oxygen atoms in total. The van der Waals surface area contributed by atoms with Crippen molar-refractivity contribution in [3.63, 3.8) is 0 Å². The molecule has 1 amide bonds. The fraction of sp³-hybridized carbons (Fsp3) is 0.438. The van der Waals surface area contributed by atoms with Gasteiger partial charge in [0.2, 0.25) is 11.8 Å². The molecule has 1 aromatic heterocycles. The predicted octanol–water partition coefficient (Wildman–Crippen LogP) is 2.15. The maximum atomic E-state index is 12.0. The number of hydrogen-bond acceptors (Lipinski definition) is 5. The van der Waals surface area contributed by atoms with Crippen molar-refractivity contribution in [2.45, 2.75) is 38.5 Å². The van der Waals surface area contributed by atoms with Crippen molar-refractivity contribution < 1.29 is 13.5 Å². The Balaban J connectivity index is 1.81. The molecule has 0 bridgehead atoms. The molecule has 1 heterocycles. The van der Waals surface area contributed by atoms with Crippen molar-refractivity contribution in [2.75, 3.05) is 5.75 Å². The van der Waals surface area contributed by atoms with E-state index in [1.54, 1.807) is 0 Å². The zero-order valence-electron chi connectivity index (χ0n) is 13.3. The summed E-state index contributed by atoms with van der Waals surface area (Å²) in [6.45, 7) is 3.91. The van der Waals surface area contributed by atoms with Gasteiger partial charge in [0.25, 0.3) is 0 Å². The lowest BCUT2D eigenvalue weighted by atomic mass is 10.1. The fourth-order valence-electron chi connectivity index (χ4n) is 2.12. The molecule has 0 unspecified atom stereocenters. The van der Waals surface area contributed by atoms with Gasteiger partial charge in [-0.05, 0) is 18.9 Å². The summed E-state index contributed by atoms with van der Waals surface area (Å²) in [6, 6.07) is 9.51. The molecule has 124 valence electrons. The van der Waals surface area contributed by atoms with E-state index in [0.29, 0.717) is 11.7 Å². The van der Waals surface area contributed by atoms with E-state index in [1.807, 2.05) is 44.2 Å². The number of aromatic nitrogens is 2. The molecule has 1 aromatic carbocycles. The summed E-state index contributed by atoms with van der Waals surface area (Å²) in [5.41, 5.74) is 1.01. The van der Waals surface area contributed by atoms with Crippen LogP contribution in [-0.2, 0) is 27.8 Å². The average Bonchev–Trinajstić information content (AvgIpc) is 2.95. The van der Waals surface area contributed by atoms with Crippen LogP contribution in [0.15, 0.2) is 34.9 Å². The molecule has 0 aliphatic carbocycles. The Hall–Kier alpha value is -2.02. The summed E-state index contributed by atoms with van der Waals surface area (Å²) < 4.78 is 17.1. The van der Waals surface area contributed by atoms with E-state index in [-0.39, 0.29) is 23.5 Å². The van der Waals surface area contributed by atoms with Gasteiger partial charge in [0.15, 0.2) is 5.82 Å². The molecule has 0 aliphatic heterocycles. The lowest BCUT2D eigenvalue weighted by molar-refractivity contribution is -0.119. The number of hydrogen-bond donors (Lipinski definition) is 1. The normalized spacial score (nSPS) is 13.5. The maximum Gasteiger partial charge on any atom is 0.239 e. The third-order valence-electron chi connectivity index (χ3n) is 3.24. The number of carbonyl (C=O) groups is 1. The van der Waals surface area contributed by atoms with Gasteiger partial charge in [-0.15, -0.1) is 0 Å². The third-order valence-corrected chi connectivity index (χ3v) is 4.39. The van der Waals surface area contributed by atoms with Crippen molar-refractivity contribution >= 4 is 16.7 Å². The van der Waals surface area contributed by atoms with Gasteiger partial charge in [-0.3, -0.25) is 9.00 Å². The summed E-state index contributed by atoms with van der Waals surface area (Å²) >= 11 is 0. The Morgan fingerprint density at radius 3 is 2.78 bits per heavy atom. The van der Waals surface area contributed by atoms with Gasteiger partial charge in [-0.2, -0.15) is 4.98 Å². The van der Waals surface area contributed by atoms with E-state index in [1.165, 1.54) is 0 Å². The van der Waals surface area contributed by atoms with Crippen LogP contribution in [0.3, 0.4) is 0 Å². The third kappa shape index (κ3) is 5.59. The summed E-state index contributed by atoms with van der Waals surface area (Å²) in [5.74, 6) is 0.692. The topological polar surface area (TPSA) is 85.1 Å². The van der Waals surface area contributed by atoms with Crippen LogP contribution in [0.25, 0.3) is 0 Å². The Kier molecular flexibility index (Phi) is 6.46. The van der Waals surface area contributed by atoms with E-state index in [9.17, 15) is 9.00 Å². The highest BCUT2D eigenvalue weighted by Gasteiger charge is 2.15. The average molecular weight is 335 g/mol. The van der Waals surface area contributed by atoms with Gasteiger partial charge in [0, 0.05) is 17.2 Å². The van der Waals surface area contributed by atoms with Crippen LogP contribution in [0.5, 0.6) is 0 Å². The van der Waals surface area contributed by atoms with E-state index in [2.05, 4.69) is 15.5 Å². The number of carbonyl (C=O) groups excluding carboxylic acids is 1. The first-order valence-corrected chi connectivity index (χ1v) is 9.08. The van der Waals surface area contributed by atoms with Crippen molar-refractivity contribution in [3.8, 4) is 0 Å². The van der Waals surface area contributed by atoms with E-state index < -0.39 is 10.8 Å². The summed E-state index contributed by atoms with van der Waals surface area (Å²) in [5, 5.41) is 6.64. The van der Waals surface area contributed by atoms with Crippen LogP contribution in [0.1, 0.15) is 43.6 Å². The van der Waals surface area contributed by atoms with Crippen molar-refractivity contribution in [1.29, 1.82) is 0 Å². The van der Waals surface area contributed by atoms with E-state index in [0.717, 1.165) is 18.4 Å². The number of amides is 1. The highest BCUT2D eigenvalue weighted by molar-refractivity contribution is 7.84. The lowest BCUT2D eigenvalue weighted by Gasteiger charge is -2.13. The molecular formula is C16H21N3O3S. The molecule has 0 radical (unpaired) electrons. The summed E-state index contributed by atoms with van der Waals surface area (Å²) in [7, 11) is -1.37. The van der Waals surface area contributed by atoms with Gasteiger partial charge in [0.05, 0.1) is 6.04 Å². The summed E-state index contributed by atoms with van der Waals surface area (Å²) in [4.78, 5) is 16.1. The molecule has 1 N–H and O–H groups in total. The minimum atomic E-state index is -1.37. The maximum absolute atomic E-state index is 12.0. The lowest BCUT2D eigenvalue weighted by Crippen LogP contribution is -2.31. The van der Waals surface area contributed by atoms with Crippen LogP contribution in [0, 0.1) is 0 Å². The van der Waals surface area contributed by atoms with E-state index >= 15 is 0 Å². The van der Waals surface area contributed by atoms with Crippen LogP contribution in [0.4, 0.5) is 0 Å². The molecule has 2 aromatic rings. The van der Waals surface area contributed by atoms with Crippen LogP contribution in [0.2, 0.25) is 0 Å². The highest BCUT2D eigenvalue weighted by atomic mass is 32.2. The smallest absolute Gasteiger partial charge is 0.239 e. The first kappa shape index (κ1) is 17.3. The Bertz CT molecular complexity index is 658. The fourth-order valence-corrected chi connectivity index (χ4v) is 2.99. The molecular weight excluding hydrogens is 314 g/mol. The van der Waals surface area contributed by atoms with Gasteiger partial charge in [-0.25, -0.2) is 0 Å². The minimum absolute atomic E-state index is 0.0807. The molecule has 0 saturated carbocycles. The number of nitrogens with one attached hydrogen (secondary N) is 1. The Labute approximate surface area is 138 Å². The Morgan fingerprint density at radius 2 is 2.09 bits per heavy atom. The molecule has 0 spiro atoms. The van der Waals surface area contributed by atoms with Gasteiger partial charge >= 0.3 is 0 Å². The predicted molar refractivity (Wildman–Crippen MR) is 88.0 cm³/mol. The zero-order valence-corrected chi connectivity index (χ0v) is 14.1. The second kappa shape index (κ2) is 8.57. The second-order valence-corrected chi connectivity index (χ2v) is 6.74. The van der Waals surface area contributed by atoms with Crippen molar-refractivity contribution in [2.24, 2.45) is 0 Å². The van der Waals surface area contributed by atoms with Crippen LogP contribution < -0.4 is 5.32 Å². The largest absolute Gasteiger partial charge is 0.349 e. The molecule has 0 aliphatic rings. The number of nitrogens with zero attached hydrogens (tertiary/aromatic N) is 2. The number of benzene rings is 1. The molecule has 0 fully saturated rings. The standard InChI is InChI=1S/C16H21N3O3S/c1-3-7-14-18-16(22-19-14)11-23(21)10-15(20)17-12(2)13-8-5-4-6-9-13/h4-6,8-9,12H,3,7,10-11H2,1-2H3,(H,17,20)/t12-,23+/m1/s1. The van der Waals surface area contributed by atoms with Crippen molar-refractivity contribution in [3.05, 3.63) is 47.6 Å². The van der Waals surface area contributed by atoms with Crippen LogP contribution in [-0.4, -0.2) is 26.0 Å². The van der Waals surface area contributed by atoms with Gasteiger partial charge < -0.3 is 9.84 Å². The molecule has 23 heavy (non-hydrogen) atoms. The molecule has 2 rings (SSSR count). The SMILES string of the molecule is CCCc1noc(C[S@@](=O)CC(=O)N[C@H](C)c2ccccc2)n1. The second-order valence-electron chi connectivity index (χ2n) is 5.28. The molecule has 0 saturated heterocycles. The highest BCUT2D eigenvalue weighted by Crippen LogP contribution is 2.11. The Morgan fingerprint density at radius 1 is 1.35 bits per heavy atom. The van der Waals surface area contributed by atoms with Gasteiger partial charge in [0.1, 0.15) is 11.5 Å². The van der Waals surface area contributed by atoms with E-state index in [4.69, 9.17) is 4.52 Å². The first-order chi connectivity index (χ1) is 11.1. The number of aryl methyl sites for hydroxylation is 1. The van der Waals surface area contributed by atoms with Crippen molar-refractivity contribution in [1.82, 2.24) is 15.5 Å². The quantitative estimate of drug-likeness (QED) is 0.799. The summed E-state index contributed by atoms with van der Waals surface area (Å²) in [6.07, 6.45) is 1.65. The molecule has 7 heteroatoms. The van der Waals surface area contributed by atoms with Crippen LogP contribution >= 0.6 is 0 Å².